The number of sulfone groups is 1. The summed E-state index contributed by atoms with van der Waals surface area (Å²) in [6, 6.07) is 2.05. The third kappa shape index (κ3) is 3.29. The zero-order valence-electron chi connectivity index (χ0n) is 11.8. The van der Waals surface area contributed by atoms with Crippen molar-refractivity contribution >= 4 is 9.84 Å². The number of alkyl halides is 3. The second kappa shape index (κ2) is 5.71. The molecule has 2 aromatic rings. The van der Waals surface area contributed by atoms with Crippen molar-refractivity contribution in [2.24, 2.45) is 0 Å². The normalized spacial score (nSPS) is 12.8. The average Bonchev–Trinajstić information content (AvgIpc) is 2.85. The van der Waals surface area contributed by atoms with Crippen LogP contribution in [0.25, 0.3) is 0 Å². The van der Waals surface area contributed by atoms with Gasteiger partial charge >= 0.3 is 6.18 Å². The standard InChI is InChI=1S/C13H13F3N2O3S/c1-8(2)11-9(6-21-18-11)7-22(19,20)10-4-3-5-17-12(10)13(14,15)16/h3-6,8H,7H2,1-2H3. The van der Waals surface area contributed by atoms with Gasteiger partial charge in [-0.25, -0.2) is 8.42 Å². The Labute approximate surface area is 125 Å². The van der Waals surface area contributed by atoms with Gasteiger partial charge in [0.05, 0.1) is 16.3 Å². The SMILES string of the molecule is CC(C)c1nocc1CS(=O)(=O)c1cccnc1C(F)(F)F. The van der Waals surface area contributed by atoms with Gasteiger partial charge in [0.2, 0.25) is 0 Å². The summed E-state index contributed by atoms with van der Waals surface area (Å²) in [5, 5.41) is 3.69. The summed E-state index contributed by atoms with van der Waals surface area (Å²) >= 11 is 0. The first-order chi connectivity index (χ1) is 10.1. The number of rotatable bonds is 4. The highest BCUT2D eigenvalue weighted by molar-refractivity contribution is 7.90. The molecule has 0 aliphatic heterocycles. The van der Waals surface area contributed by atoms with E-state index in [0.29, 0.717) is 5.69 Å². The number of hydrogen-bond acceptors (Lipinski definition) is 5. The predicted molar refractivity (Wildman–Crippen MR) is 70.7 cm³/mol. The van der Waals surface area contributed by atoms with Crippen LogP contribution in [0.1, 0.15) is 36.7 Å². The van der Waals surface area contributed by atoms with Gasteiger partial charge in [-0.15, -0.1) is 0 Å². The van der Waals surface area contributed by atoms with Crippen molar-refractivity contribution in [1.29, 1.82) is 0 Å². The molecule has 2 aromatic heterocycles. The van der Waals surface area contributed by atoms with Crippen LogP contribution in [-0.2, 0) is 21.8 Å². The lowest BCUT2D eigenvalue weighted by atomic mass is 10.1. The summed E-state index contributed by atoms with van der Waals surface area (Å²) in [6.45, 7) is 3.55. The molecule has 0 unspecified atom stereocenters. The van der Waals surface area contributed by atoms with Crippen molar-refractivity contribution in [2.45, 2.75) is 36.6 Å². The van der Waals surface area contributed by atoms with E-state index in [1.54, 1.807) is 13.8 Å². The summed E-state index contributed by atoms with van der Waals surface area (Å²) in [5.74, 6) is -0.737. The molecule has 2 rings (SSSR count). The van der Waals surface area contributed by atoms with E-state index < -0.39 is 32.4 Å². The van der Waals surface area contributed by atoms with Crippen LogP contribution >= 0.6 is 0 Å². The largest absolute Gasteiger partial charge is 0.434 e. The van der Waals surface area contributed by atoms with E-state index in [0.717, 1.165) is 24.6 Å². The van der Waals surface area contributed by atoms with Gasteiger partial charge in [0, 0.05) is 11.8 Å². The lowest BCUT2D eigenvalue weighted by Gasteiger charge is -2.12. The Kier molecular flexibility index (Phi) is 4.28. The van der Waals surface area contributed by atoms with Gasteiger partial charge in [-0.2, -0.15) is 13.2 Å². The fourth-order valence-electron chi connectivity index (χ4n) is 1.99. The maximum absolute atomic E-state index is 12.9. The first-order valence-corrected chi connectivity index (χ1v) is 7.96. The third-order valence-corrected chi connectivity index (χ3v) is 4.63. The van der Waals surface area contributed by atoms with Gasteiger partial charge in [0.15, 0.2) is 15.5 Å². The van der Waals surface area contributed by atoms with Crippen LogP contribution in [0.5, 0.6) is 0 Å². The minimum atomic E-state index is -4.85. The predicted octanol–water partition coefficient (Wildman–Crippen LogP) is 3.19. The quantitative estimate of drug-likeness (QED) is 0.858. The van der Waals surface area contributed by atoms with Crippen LogP contribution < -0.4 is 0 Å². The van der Waals surface area contributed by atoms with Crippen molar-refractivity contribution < 1.29 is 26.1 Å². The lowest BCUT2D eigenvalue weighted by molar-refractivity contribution is -0.143. The van der Waals surface area contributed by atoms with Crippen molar-refractivity contribution in [3.63, 3.8) is 0 Å². The number of nitrogens with zero attached hydrogens (tertiary/aromatic N) is 2. The van der Waals surface area contributed by atoms with Gasteiger partial charge in [0.1, 0.15) is 6.26 Å². The van der Waals surface area contributed by atoms with Crippen LogP contribution in [0.4, 0.5) is 13.2 Å². The molecule has 0 atom stereocenters. The Morgan fingerprint density at radius 1 is 1.32 bits per heavy atom. The van der Waals surface area contributed by atoms with E-state index in [2.05, 4.69) is 10.1 Å². The first-order valence-electron chi connectivity index (χ1n) is 6.31. The smallest absolute Gasteiger partial charge is 0.364 e. The molecule has 0 amide bonds. The van der Waals surface area contributed by atoms with Crippen LogP contribution in [0.3, 0.4) is 0 Å². The number of hydrogen-bond donors (Lipinski definition) is 0. The van der Waals surface area contributed by atoms with Crippen LogP contribution in [-0.4, -0.2) is 18.6 Å². The maximum Gasteiger partial charge on any atom is 0.434 e. The molecule has 0 N–H and O–H groups in total. The highest BCUT2D eigenvalue weighted by Crippen LogP contribution is 2.34. The number of aromatic nitrogens is 2. The molecule has 0 saturated heterocycles. The van der Waals surface area contributed by atoms with Crippen LogP contribution in [0.15, 0.2) is 34.0 Å². The Bertz CT molecular complexity index is 767. The Hall–Kier alpha value is -1.90. The zero-order chi connectivity index (χ0) is 16.5. The summed E-state index contributed by atoms with van der Waals surface area (Å²) in [7, 11) is -4.24. The molecule has 0 bridgehead atoms. The molecular formula is C13H13F3N2O3S. The molecule has 5 nitrogen and oxygen atoms in total. The van der Waals surface area contributed by atoms with E-state index in [-0.39, 0.29) is 11.5 Å². The molecule has 0 spiro atoms. The van der Waals surface area contributed by atoms with E-state index in [4.69, 9.17) is 4.52 Å². The van der Waals surface area contributed by atoms with Gasteiger partial charge in [-0.3, -0.25) is 4.98 Å². The average molecular weight is 334 g/mol. The molecule has 22 heavy (non-hydrogen) atoms. The lowest BCUT2D eigenvalue weighted by Crippen LogP contribution is -2.16. The van der Waals surface area contributed by atoms with Crippen LogP contribution in [0.2, 0.25) is 0 Å². The number of pyridine rings is 1. The second-order valence-electron chi connectivity index (χ2n) is 4.99. The molecule has 0 saturated carbocycles. The zero-order valence-corrected chi connectivity index (χ0v) is 12.6. The Morgan fingerprint density at radius 3 is 2.59 bits per heavy atom. The van der Waals surface area contributed by atoms with Gasteiger partial charge < -0.3 is 4.52 Å². The fraction of sp³-hybridized carbons (Fsp3) is 0.385. The van der Waals surface area contributed by atoms with Gasteiger partial charge in [-0.05, 0) is 18.1 Å². The monoisotopic (exact) mass is 334 g/mol. The molecule has 0 aromatic carbocycles. The molecule has 0 radical (unpaired) electrons. The van der Waals surface area contributed by atoms with Crippen molar-refractivity contribution in [3.8, 4) is 0 Å². The van der Waals surface area contributed by atoms with Gasteiger partial charge in [0.25, 0.3) is 0 Å². The minimum Gasteiger partial charge on any atom is -0.364 e. The minimum absolute atomic E-state index is 0.111. The van der Waals surface area contributed by atoms with E-state index in [1.165, 1.54) is 0 Å². The topological polar surface area (TPSA) is 73.1 Å². The van der Waals surface area contributed by atoms with Crippen molar-refractivity contribution in [2.75, 3.05) is 0 Å². The second-order valence-corrected chi connectivity index (χ2v) is 6.94. The summed E-state index contributed by atoms with van der Waals surface area (Å²) in [6.07, 6.45) is -2.81. The number of halogens is 3. The van der Waals surface area contributed by atoms with Crippen molar-refractivity contribution in [3.05, 3.63) is 41.5 Å². The van der Waals surface area contributed by atoms with Crippen LogP contribution in [0, 0.1) is 0 Å². The Balaban J connectivity index is 2.46. The highest BCUT2D eigenvalue weighted by Gasteiger charge is 2.39. The molecular weight excluding hydrogens is 321 g/mol. The van der Waals surface area contributed by atoms with E-state index in [9.17, 15) is 21.6 Å². The summed E-state index contributed by atoms with van der Waals surface area (Å²) < 4.78 is 68.1. The van der Waals surface area contributed by atoms with E-state index >= 15 is 0 Å². The third-order valence-electron chi connectivity index (χ3n) is 2.94. The summed E-state index contributed by atoms with van der Waals surface area (Å²) in [4.78, 5) is 2.31. The van der Waals surface area contributed by atoms with E-state index in [1.807, 2.05) is 0 Å². The summed E-state index contributed by atoms with van der Waals surface area (Å²) in [5.41, 5.74) is -0.773. The molecule has 120 valence electrons. The maximum atomic E-state index is 12.9. The molecule has 2 heterocycles. The van der Waals surface area contributed by atoms with Gasteiger partial charge in [-0.1, -0.05) is 19.0 Å². The highest BCUT2D eigenvalue weighted by atomic mass is 32.2. The van der Waals surface area contributed by atoms with Crippen molar-refractivity contribution in [1.82, 2.24) is 10.1 Å². The first kappa shape index (κ1) is 16.5. The molecule has 9 heteroatoms. The molecule has 0 fully saturated rings. The molecule has 0 aliphatic carbocycles. The molecule has 0 aliphatic rings. The Morgan fingerprint density at radius 2 is 2.00 bits per heavy atom. The fourth-order valence-corrected chi connectivity index (χ4v) is 3.52.